The molecule has 0 aromatic carbocycles. The molecule has 0 saturated carbocycles. The van der Waals surface area contributed by atoms with Crippen LogP contribution in [0.15, 0.2) is 24.3 Å². The molecule has 2 N–H and O–H groups in total. The summed E-state index contributed by atoms with van der Waals surface area (Å²) in [5.41, 5.74) is 0. The van der Waals surface area contributed by atoms with Gasteiger partial charge in [0.2, 0.25) is 10.0 Å². The van der Waals surface area contributed by atoms with Crippen molar-refractivity contribution >= 4 is 10.0 Å². The Balaban J connectivity index is 1.83. The minimum Gasteiger partial charge on any atom is -0.390 e. The average Bonchev–Trinajstić information content (AvgIpc) is 2.50. The Morgan fingerprint density at radius 2 is 1.95 bits per heavy atom. The molecule has 126 valence electrons. The van der Waals surface area contributed by atoms with Gasteiger partial charge in [-0.15, -0.1) is 0 Å². The van der Waals surface area contributed by atoms with Crippen molar-refractivity contribution in [2.45, 2.75) is 63.0 Å². The van der Waals surface area contributed by atoms with E-state index in [1.165, 1.54) is 6.42 Å². The van der Waals surface area contributed by atoms with E-state index in [1.54, 1.807) is 12.2 Å². The number of nitrogens with one attached hydrogen (secondary N) is 1. The molecule has 1 fully saturated rings. The van der Waals surface area contributed by atoms with E-state index in [0.717, 1.165) is 12.8 Å². The fourth-order valence-corrected chi connectivity index (χ4v) is 4.55. The van der Waals surface area contributed by atoms with Crippen LogP contribution in [0.2, 0.25) is 0 Å². The summed E-state index contributed by atoms with van der Waals surface area (Å²) >= 11 is 0. The number of nitrogens with zero attached hydrogens (tertiary/aromatic N) is 1. The van der Waals surface area contributed by atoms with Crippen molar-refractivity contribution in [1.29, 1.82) is 0 Å². The molecule has 0 aromatic heterocycles. The van der Waals surface area contributed by atoms with Crippen LogP contribution in [0, 0.1) is 0 Å². The standard InChI is InChI=1S/C16H28N2O3S/c1-13-7-6-8-14(2)18(13)12-15(19)11-17-22(20,21)16-9-4-3-5-10-16/h3-5,9,13-17,19H,6-8,10-12H2,1-2H3/t13-,14+,15-,16?/m0/s1. The summed E-state index contributed by atoms with van der Waals surface area (Å²) in [6, 6.07) is 0.892. The molecule has 0 aromatic rings. The topological polar surface area (TPSA) is 69.6 Å². The second-order valence-electron chi connectivity index (χ2n) is 6.46. The molecule has 5 nitrogen and oxygen atoms in total. The lowest BCUT2D eigenvalue weighted by atomic mass is 9.97. The fourth-order valence-electron chi connectivity index (χ4n) is 3.25. The third-order valence-electron chi connectivity index (χ3n) is 4.66. The Kier molecular flexibility index (Phi) is 6.20. The van der Waals surface area contributed by atoms with E-state index >= 15 is 0 Å². The monoisotopic (exact) mass is 328 g/mol. The zero-order chi connectivity index (χ0) is 16.2. The van der Waals surface area contributed by atoms with E-state index in [0.29, 0.717) is 25.0 Å². The van der Waals surface area contributed by atoms with Gasteiger partial charge < -0.3 is 5.11 Å². The summed E-state index contributed by atoms with van der Waals surface area (Å²) in [5.74, 6) is 0. The highest BCUT2D eigenvalue weighted by atomic mass is 32.2. The molecule has 0 amide bonds. The van der Waals surface area contributed by atoms with Gasteiger partial charge in [-0.3, -0.25) is 4.90 Å². The van der Waals surface area contributed by atoms with Crippen LogP contribution < -0.4 is 4.72 Å². The highest BCUT2D eigenvalue weighted by Crippen LogP contribution is 2.22. The fraction of sp³-hybridized carbons (Fsp3) is 0.750. The smallest absolute Gasteiger partial charge is 0.218 e. The van der Waals surface area contributed by atoms with Crippen LogP contribution in [-0.2, 0) is 10.0 Å². The van der Waals surface area contributed by atoms with Crippen molar-refractivity contribution in [2.24, 2.45) is 0 Å². The molecular weight excluding hydrogens is 300 g/mol. The third kappa shape index (κ3) is 4.65. The molecule has 0 radical (unpaired) electrons. The maximum atomic E-state index is 12.2. The number of aliphatic hydroxyl groups excluding tert-OH is 1. The van der Waals surface area contributed by atoms with E-state index in [4.69, 9.17) is 0 Å². The lowest BCUT2D eigenvalue weighted by Gasteiger charge is -2.40. The first-order valence-corrected chi connectivity index (χ1v) is 9.70. The Hall–Kier alpha value is -0.690. The first-order chi connectivity index (χ1) is 10.4. The Morgan fingerprint density at radius 3 is 2.55 bits per heavy atom. The van der Waals surface area contributed by atoms with Gasteiger partial charge in [0.1, 0.15) is 0 Å². The molecule has 2 aliphatic rings. The molecule has 0 bridgehead atoms. The van der Waals surface area contributed by atoms with Gasteiger partial charge in [0.05, 0.1) is 11.4 Å². The molecule has 1 unspecified atom stereocenters. The molecule has 2 rings (SSSR count). The number of hydrogen-bond donors (Lipinski definition) is 2. The van der Waals surface area contributed by atoms with Crippen molar-refractivity contribution in [3.05, 3.63) is 24.3 Å². The highest BCUT2D eigenvalue weighted by molar-refractivity contribution is 7.90. The minimum absolute atomic E-state index is 0.0757. The number of hydrogen-bond acceptors (Lipinski definition) is 4. The van der Waals surface area contributed by atoms with Gasteiger partial charge in [-0.25, -0.2) is 13.1 Å². The van der Waals surface area contributed by atoms with Crippen LogP contribution in [0.5, 0.6) is 0 Å². The maximum Gasteiger partial charge on any atom is 0.218 e. The Labute approximate surface area is 134 Å². The molecule has 1 aliphatic carbocycles. The number of aliphatic hydroxyl groups is 1. The van der Waals surface area contributed by atoms with Crippen LogP contribution in [0.25, 0.3) is 0 Å². The lowest BCUT2D eigenvalue weighted by molar-refractivity contribution is 0.0438. The van der Waals surface area contributed by atoms with E-state index in [2.05, 4.69) is 23.5 Å². The first kappa shape index (κ1) is 17.7. The molecule has 4 atom stereocenters. The minimum atomic E-state index is -3.41. The van der Waals surface area contributed by atoms with Crippen molar-refractivity contribution < 1.29 is 13.5 Å². The largest absolute Gasteiger partial charge is 0.390 e. The number of allylic oxidation sites excluding steroid dienone is 3. The first-order valence-electron chi connectivity index (χ1n) is 8.16. The SMILES string of the molecule is C[C@@H]1CCC[C@H](C)N1C[C@@H](O)CNS(=O)(=O)C1C=CC=CC1. The number of sulfonamides is 1. The van der Waals surface area contributed by atoms with Gasteiger partial charge >= 0.3 is 0 Å². The predicted molar refractivity (Wildman–Crippen MR) is 89.1 cm³/mol. The predicted octanol–water partition coefficient (Wildman–Crippen LogP) is 1.41. The second kappa shape index (κ2) is 7.73. The zero-order valence-electron chi connectivity index (χ0n) is 13.5. The van der Waals surface area contributed by atoms with E-state index < -0.39 is 21.4 Å². The molecular formula is C16H28N2O3S. The zero-order valence-corrected chi connectivity index (χ0v) is 14.3. The van der Waals surface area contributed by atoms with Gasteiger partial charge in [-0.2, -0.15) is 0 Å². The van der Waals surface area contributed by atoms with E-state index in [-0.39, 0.29) is 6.54 Å². The lowest BCUT2D eigenvalue weighted by Crippen LogP contribution is -2.50. The average molecular weight is 328 g/mol. The molecule has 6 heteroatoms. The van der Waals surface area contributed by atoms with E-state index in [1.807, 2.05) is 12.2 Å². The molecule has 1 aliphatic heterocycles. The summed E-state index contributed by atoms with van der Waals surface area (Å²) in [7, 11) is -3.41. The van der Waals surface area contributed by atoms with Crippen LogP contribution in [-0.4, -0.2) is 55.0 Å². The van der Waals surface area contributed by atoms with Gasteiger partial charge in [0.25, 0.3) is 0 Å². The van der Waals surface area contributed by atoms with Crippen LogP contribution in [0.3, 0.4) is 0 Å². The van der Waals surface area contributed by atoms with Crippen molar-refractivity contribution in [2.75, 3.05) is 13.1 Å². The van der Waals surface area contributed by atoms with Gasteiger partial charge in [-0.1, -0.05) is 30.7 Å². The summed E-state index contributed by atoms with van der Waals surface area (Å²) in [6.07, 6.45) is 10.4. The normalized spacial score (nSPS) is 31.3. The van der Waals surface area contributed by atoms with E-state index in [9.17, 15) is 13.5 Å². The third-order valence-corrected chi connectivity index (χ3v) is 6.37. The summed E-state index contributed by atoms with van der Waals surface area (Å²) in [5, 5.41) is 9.67. The van der Waals surface area contributed by atoms with Crippen LogP contribution >= 0.6 is 0 Å². The van der Waals surface area contributed by atoms with Gasteiger partial charge in [-0.05, 0) is 33.1 Å². The van der Waals surface area contributed by atoms with Crippen molar-refractivity contribution in [3.8, 4) is 0 Å². The highest BCUT2D eigenvalue weighted by Gasteiger charge is 2.28. The maximum absolute atomic E-state index is 12.2. The van der Waals surface area contributed by atoms with Crippen LogP contribution in [0.1, 0.15) is 39.5 Å². The second-order valence-corrected chi connectivity index (χ2v) is 8.44. The molecule has 1 saturated heterocycles. The Bertz CT molecular complexity index is 505. The summed E-state index contributed by atoms with van der Waals surface area (Å²) < 4.78 is 26.9. The number of piperidine rings is 1. The van der Waals surface area contributed by atoms with Gasteiger partial charge in [0, 0.05) is 25.2 Å². The quantitative estimate of drug-likeness (QED) is 0.773. The van der Waals surface area contributed by atoms with Crippen molar-refractivity contribution in [1.82, 2.24) is 9.62 Å². The number of likely N-dealkylation sites (tertiary alicyclic amines) is 1. The number of β-amino-alcohol motifs (C(OH)–C–C–N with tert-alkyl or cyclic N) is 1. The van der Waals surface area contributed by atoms with Crippen molar-refractivity contribution in [3.63, 3.8) is 0 Å². The number of rotatable bonds is 6. The van der Waals surface area contributed by atoms with Crippen LogP contribution in [0.4, 0.5) is 0 Å². The summed E-state index contributed by atoms with van der Waals surface area (Å²) in [6.45, 7) is 4.94. The molecule has 0 spiro atoms. The molecule has 22 heavy (non-hydrogen) atoms. The summed E-state index contributed by atoms with van der Waals surface area (Å²) in [4.78, 5) is 2.28. The van der Waals surface area contributed by atoms with Gasteiger partial charge in [0.15, 0.2) is 0 Å². The Morgan fingerprint density at radius 1 is 1.27 bits per heavy atom. The molecule has 1 heterocycles.